The molecule has 27 heavy (non-hydrogen) atoms. The Balaban J connectivity index is 1.40. The molecule has 2 aromatic rings. The summed E-state index contributed by atoms with van der Waals surface area (Å²) in [5.41, 5.74) is 1.89. The number of carbonyl (C=O) groups is 2. The number of nitrogens with zero attached hydrogens (tertiary/aromatic N) is 3. The Morgan fingerprint density at radius 2 is 2.07 bits per heavy atom. The van der Waals surface area contributed by atoms with Crippen molar-refractivity contribution in [2.24, 2.45) is 5.92 Å². The number of aromatic nitrogens is 2. The molecule has 0 radical (unpaired) electrons. The number of ether oxygens (including phenoxy) is 1. The van der Waals surface area contributed by atoms with Crippen molar-refractivity contribution < 1.29 is 19.4 Å². The van der Waals surface area contributed by atoms with E-state index in [-0.39, 0.29) is 24.4 Å². The van der Waals surface area contributed by atoms with Crippen LogP contribution >= 0.6 is 0 Å². The number of benzene rings is 1. The fraction of sp³-hybridized carbons (Fsp3) is 0.526. The van der Waals surface area contributed by atoms with Crippen molar-refractivity contribution in [3.05, 3.63) is 30.1 Å². The fourth-order valence-electron chi connectivity index (χ4n) is 4.01. The molecule has 1 aromatic heterocycles. The van der Waals surface area contributed by atoms with E-state index in [4.69, 9.17) is 9.84 Å². The summed E-state index contributed by atoms with van der Waals surface area (Å²) in [5, 5.41) is 9.15. The minimum absolute atomic E-state index is 0.00839. The van der Waals surface area contributed by atoms with Crippen molar-refractivity contribution in [2.45, 2.75) is 18.9 Å². The Labute approximate surface area is 157 Å². The molecule has 0 aliphatic carbocycles. The number of fused-ring (bicyclic) bond motifs is 4. The lowest BCUT2D eigenvalue weighted by molar-refractivity contribution is -0.139. The third-order valence-corrected chi connectivity index (χ3v) is 5.29. The number of aliphatic carboxylic acids is 1. The molecule has 2 aliphatic rings. The highest BCUT2D eigenvalue weighted by Gasteiger charge is 2.35. The number of rotatable bonds is 5. The van der Waals surface area contributed by atoms with Gasteiger partial charge in [0.1, 0.15) is 5.82 Å². The van der Waals surface area contributed by atoms with Gasteiger partial charge in [0.15, 0.2) is 0 Å². The van der Waals surface area contributed by atoms with E-state index in [2.05, 4.69) is 9.97 Å². The largest absolute Gasteiger partial charge is 0.480 e. The second kappa shape index (κ2) is 7.66. The first-order chi connectivity index (χ1) is 13.1. The van der Waals surface area contributed by atoms with Crippen LogP contribution in [0, 0.1) is 5.92 Å². The molecule has 0 saturated carbocycles. The normalized spacial score (nSPS) is 23.3. The second-order valence-electron chi connectivity index (χ2n) is 7.38. The Kier molecular flexibility index (Phi) is 5.09. The Bertz CT molecular complexity index is 803. The van der Waals surface area contributed by atoms with Gasteiger partial charge in [0.25, 0.3) is 0 Å². The summed E-state index contributed by atoms with van der Waals surface area (Å²) in [6.07, 6.45) is 0.952. The van der Waals surface area contributed by atoms with E-state index < -0.39 is 5.97 Å². The quantitative estimate of drug-likeness (QED) is 0.803. The molecule has 2 bridgehead atoms. The summed E-state index contributed by atoms with van der Waals surface area (Å²) in [6, 6.07) is 7.75. The highest BCUT2D eigenvalue weighted by atomic mass is 16.5. The number of para-hydroxylation sites is 2. The van der Waals surface area contributed by atoms with Gasteiger partial charge in [-0.3, -0.25) is 14.5 Å². The van der Waals surface area contributed by atoms with E-state index in [0.29, 0.717) is 45.7 Å². The number of carboxylic acids is 1. The van der Waals surface area contributed by atoms with Crippen LogP contribution in [0.1, 0.15) is 12.2 Å². The van der Waals surface area contributed by atoms with Crippen LogP contribution in [0.3, 0.4) is 0 Å². The van der Waals surface area contributed by atoms with Crippen LogP contribution < -0.4 is 0 Å². The van der Waals surface area contributed by atoms with Crippen LogP contribution in [0.4, 0.5) is 0 Å². The van der Waals surface area contributed by atoms with Gasteiger partial charge in [0.2, 0.25) is 5.91 Å². The molecule has 2 atom stereocenters. The third kappa shape index (κ3) is 4.12. The number of amides is 1. The molecule has 144 valence electrons. The van der Waals surface area contributed by atoms with Gasteiger partial charge in [-0.2, -0.15) is 0 Å². The number of hydrogen-bond acceptors (Lipinski definition) is 5. The van der Waals surface area contributed by atoms with E-state index in [9.17, 15) is 9.59 Å². The van der Waals surface area contributed by atoms with Crippen LogP contribution in [-0.4, -0.2) is 82.2 Å². The minimum Gasteiger partial charge on any atom is -0.480 e. The number of hydrogen-bond donors (Lipinski definition) is 2. The van der Waals surface area contributed by atoms with Crippen molar-refractivity contribution in [2.75, 3.05) is 39.4 Å². The SMILES string of the molecule is O=C(O)CN1C[C@H]2COC[C@@H]1CN(C(=O)CCc1nc3ccccc3[nH]1)C2. The molecule has 8 nitrogen and oxygen atoms in total. The van der Waals surface area contributed by atoms with Crippen molar-refractivity contribution in [1.29, 1.82) is 0 Å². The maximum atomic E-state index is 12.8. The average Bonchev–Trinajstić information content (AvgIpc) is 2.85. The van der Waals surface area contributed by atoms with E-state index >= 15 is 0 Å². The molecule has 3 heterocycles. The van der Waals surface area contributed by atoms with Crippen molar-refractivity contribution in [3.63, 3.8) is 0 Å². The van der Waals surface area contributed by atoms with Gasteiger partial charge >= 0.3 is 5.97 Å². The molecule has 2 fully saturated rings. The number of aryl methyl sites for hydroxylation is 1. The van der Waals surface area contributed by atoms with Gasteiger partial charge in [0, 0.05) is 38.4 Å². The van der Waals surface area contributed by atoms with Crippen LogP contribution in [-0.2, 0) is 20.7 Å². The van der Waals surface area contributed by atoms with Gasteiger partial charge in [-0.15, -0.1) is 0 Å². The Morgan fingerprint density at radius 3 is 2.89 bits per heavy atom. The van der Waals surface area contributed by atoms with Gasteiger partial charge in [-0.25, -0.2) is 4.98 Å². The molecule has 4 rings (SSSR count). The molecular weight excluding hydrogens is 348 g/mol. The molecule has 0 unspecified atom stereocenters. The lowest BCUT2D eigenvalue weighted by atomic mass is 10.1. The van der Waals surface area contributed by atoms with Gasteiger partial charge in [-0.1, -0.05) is 12.1 Å². The smallest absolute Gasteiger partial charge is 0.317 e. The summed E-state index contributed by atoms with van der Waals surface area (Å²) >= 11 is 0. The van der Waals surface area contributed by atoms with E-state index in [1.807, 2.05) is 34.1 Å². The van der Waals surface area contributed by atoms with E-state index in [0.717, 1.165) is 16.9 Å². The first kappa shape index (κ1) is 17.9. The Hall–Kier alpha value is -2.45. The van der Waals surface area contributed by atoms with Gasteiger partial charge < -0.3 is 19.7 Å². The molecule has 1 aromatic carbocycles. The molecule has 2 aliphatic heterocycles. The zero-order valence-electron chi connectivity index (χ0n) is 15.1. The topological polar surface area (TPSA) is 98.8 Å². The first-order valence-corrected chi connectivity index (χ1v) is 9.33. The number of H-pyrrole nitrogens is 1. The number of carbonyl (C=O) groups excluding carboxylic acids is 1. The number of carboxylic acid groups (broad SMARTS) is 1. The highest BCUT2D eigenvalue weighted by molar-refractivity contribution is 5.77. The lowest BCUT2D eigenvalue weighted by Gasteiger charge is -2.30. The summed E-state index contributed by atoms with van der Waals surface area (Å²) in [4.78, 5) is 35.6. The summed E-state index contributed by atoms with van der Waals surface area (Å²) in [7, 11) is 0. The van der Waals surface area contributed by atoms with E-state index in [1.165, 1.54) is 0 Å². The zero-order valence-corrected chi connectivity index (χ0v) is 15.1. The monoisotopic (exact) mass is 372 g/mol. The molecule has 8 heteroatoms. The zero-order chi connectivity index (χ0) is 18.8. The molecular formula is C19H24N4O4. The average molecular weight is 372 g/mol. The van der Waals surface area contributed by atoms with Crippen LogP contribution in [0.2, 0.25) is 0 Å². The van der Waals surface area contributed by atoms with Crippen molar-refractivity contribution in [1.82, 2.24) is 19.8 Å². The molecule has 2 saturated heterocycles. The number of aromatic amines is 1. The second-order valence-corrected chi connectivity index (χ2v) is 7.38. The van der Waals surface area contributed by atoms with Crippen LogP contribution in [0.25, 0.3) is 11.0 Å². The third-order valence-electron chi connectivity index (χ3n) is 5.29. The predicted octanol–water partition coefficient (Wildman–Crippen LogP) is 0.739. The predicted molar refractivity (Wildman–Crippen MR) is 98.3 cm³/mol. The lowest BCUT2D eigenvalue weighted by Crippen LogP contribution is -2.47. The van der Waals surface area contributed by atoms with Crippen LogP contribution in [0.15, 0.2) is 24.3 Å². The number of imidazole rings is 1. The first-order valence-electron chi connectivity index (χ1n) is 9.33. The summed E-state index contributed by atoms with van der Waals surface area (Å²) in [5.74, 6) is 0.206. The molecule has 1 amide bonds. The number of nitrogens with one attached hydrogen (secondary N) is 1. The summed E-state index contributed by atoms with van der Waals surface area (Å²) in [6.45, 7) is 2.82. The Morgan fingerprint density at radius 1 is 1.22 bits per heavy atom. The molecule has 0 spiro atoms. The minimum atomic E-state index is -0.842. The van der Waals surface area contributed by atoms with E-state index in [1.54, 1.807) is 0 Å². The highest BCUT2D eigenvalue weighted by Crippen LogP contribution is 2.20. The molecule has 2 N–H and O–H groups in total. The maximum absolute atomic E-state index is 12.8. The van der Waals surface area contributed by atoms with Gasteiger partial charge in [0.05, 0.1) is 36.8 Å². The van der Waals surface area contributed by atoms with Crippen LogP contribution in [0.5, 0.6) is 0 Å². The van der Waals surface area contributed by atoms with Crippen molar-refractivity contribution >= 4 is 22.9 Å². The summed E-state index contributed by atoms with van der Waals surface area (Å²) < 4.78 is 5.68. The van der Waals surface area contributed by atoms with Crippen molar-refractivity contribution in [3.8, 4) is 0 Å². The standard InChI is InChI=1S/C19H24N4O4/c24-18(6-5-17-20-15-3-1-2-4-16(15)21-17)23-8-13-7-22(10-19(25)26)14(9-23)12-27-11-13/h1-4,13-14H,5-12H2,(H,20,21)(H,25,26)/t13-,14+/m1/s1. The van der Waals surface area contributed by atoms with Gasteiger partial charge in [-0.05, 0) is 12.1 Å². The fourth-order valence-corrected chi connectivity index (χ4v) is 4.01. The maximum Gasteiger partial charge on any atom is 0.317 e.